The Morgan fingerprint density at radius 2 is 2.07 bits per heavy atom. The standard InChI is InChI=1S/C13H17NO/c1-6-9-15-12-8-7-11(10(2)14-12)13(3,4)5/h1,7-8H,9H2,2-5H3. The summed E-state index contributed by atoms with van der Waals surface area (Å²) >= 11 is 0. The van der Waals surface area contributed by atoms with Crippen molar-refractivity contribution in [3.05, 3.63) is 23.4 Å². The molecule has 0 saturated carbocycles. The van der Waals surface area contributed by atoms with Gasteiger partial charge in [0.25, 0.3) is 0 Å². The summed E-state index contributed by atoms with van der Waals surface area (Å²) in [5, 5.41) is 0. The molecule has 0 fully saturated rings. The van der Waals surface area contributed by atoms with Crippen molar-refractivity contribution in [1.82, 2.24) is 4.98 Å². The van der Waals surface area contributed by atoms with Crippen LogP contribution in [0.5, 0.6) is 5.88 Å². The van der Waals surface area contributed by atoms with Crippen LogP contribution in [0.25, 0.3) is 0 Å². The van der Waals surface area contributed by atoms with E-state index in [0.717, 1.165) is 5.69 Å². The number of pyridine rings is 1. The normalized spacial score (nSPS) is 10.9. The van der Waals surface area contributed by atoms with E-state index in [0.29, 0.717) is 5.88 Å². The van der Waals surface area contributed by atoms with Crippen LogP contribution in [0, 0.1) is 19.3 Å². The number of aromatic nitrogens is 1. The highest BCUT2D eigenvalue weighted by molar-refractivity contribution is 5.30. The molecular weight excluding hydrogens is 186 g/mol. The first-order valence-corrected chi connectivity index (χ1v) is 4.99. The molecule has 15 heavy (non-hydrogen) atoms. The maximum absolute atomic E-state index is 5.26. The largest absolute Gasteiger partial charge is 0.464 e. The van der Waals surface area contributed by atoms with Crippen molar-refractivity contribution in [1.29, 1.82) is 0 Å². The van der Waals surface area contributed by atoms with Gasteiger partial charge in [-0.05, 0) is 17.9 Å². The summed E-state index contributed by atoms with van der Waals surface area (Å²) < 4.78 is 5.26. The van der Waals surface area contributed by atoms with Crippen molar-refractivity contribution in [3.8, 4) is 18.2 Å². The number of ether oxygens (including phenoxy) is 1. The summed E-state index contributed by atoms with van der Waals surface area (Å²) in [6.45, 7) is 8.75. The average Bonchev–Trinajstić information content (AvgIpc) is 2.12. The van der Waals surface area contributed by atoms with E-state index < -0.39 is 0 Å². The van der Waals surface area contributed by atoms with Crippen LogP contribution in [-0.2, 0) is 5.41 Å². The monoisotopic (exact) mass is 203 g/mol. The third kappa shape index (κ3) is 2.99. The quantitative estimate of drug-likeness (QED) is 0.689. The van der Waals surface area contributed by atoms with Crippen LogP contribution in [0.3, 0.4) is 0 Å². The molecule has 1 rings (SSSR count). The van der Waals surface area contributed by atoms with Crippen LogP contribution in [0.15, 0.2) is 12.1 Å². The van der Waals surface area contributed by atoms with Gasteiger partial charge in [0, 0.05) is 11.8 Å². The number of hydrogen-bond acceptors (Lipinski definition) is 2. The molecule has 0 aliphatic rings. The summed E-state index contributed by atoms with van der Waals surface area (Å²) in [6.07, 6.45) is 5.11. The number of terminal acetylenes is 1. The highest BCUT2D eigenvalue weighted by atomic mass is 16.5. The van der Waals surface area contributed by atoms with Gasteiger partial charge in [-0.15, -0.1) is 6.42 Å². The predicted molar refractivity (Wildman–Crippen MR) is 62.0 cm³/mol. The summed E-state index contributed by atoms with van der Waals surface area (Å²) in [6, 6.07) is 3.92. The van der Waals surface area contributed by atoms with Gasteiger partial charge in [-0.3, -0.25) is 0 Å². The first kappa shape index (κ1) is 11.6. The maximum Gasteiger partial charge on any atom is 0.214 e. The Bertz CT molecular complexity index is 383. The van der Waals surface area contributed by atoms with Crippen LogP contribution >= 0.6 is 0 Å². The van der Waals surface area contributed by atoms with Crippen LogP contribution < -0.4 is 4.74 Å². The number of aryl methyl sites for hydroxylation is 1. The molecule has 0 aliphatic carbocycles. The molecule has 0 amide bonds. The van der Waals surface area contributed by atoms with E-state index in [1.807, 2.05) is 19.1 Å². The molecule has 0 saturated heterocycles. The van der Waals surface area contributed by atoms with Gasteiger partial charge < -0.3 is 4.74 Å². The lowest BCUT2D eigenvalue weighted by Gasteiger charge is -2.21. The third-order valence-corrected chi connectivity index (χ3v) is 2.17. The summed E-state index contributed by atoms with van der Waals surface area (Å²) in [4.78, 5) is 4.36. The molecule has 1 heterocycles. The van der Waals surface area contributed by atoms with Gasteiger partial charge in [0.2, 0.25) is 5.88 Å². The van der Waals surface area contributed by atoms with Crippen LogP contribution in [0.4, 0.5) is 0 Å². The fourth-order valence-electron chi connectivity index (χ4n) is 1.53. The van der Waals surface area contributed by atoms with Crippen molar-refractivity contribution in [2.24, 2.45) is 0 Å². The molecule has 0 radical (unpaired) electrons. The molecule has 1 aromatic heterocycles. The second-order valence-electron chi connectivity index (χ2n) is 4.53. The molecule has 1 aromatic rings. The topological polar surface area (TPSA) is 22.1 Å². The predicted octanol–water partition coefficient (Wildman–Crippen LogP) is 2.70. The van der Waals surface area contributed by atoms with Crippen molar-refractivity contribution >= 4 is 0 Å². The lowest BCUT2D eigenvalue weighted by Crippen LogP contribution is -2.14. The molecule has 2 nitrogen and oxygen atoms in total. The van der Waals surface area contributed by atoms with E-state index in [1.165, 1.54) is 5.56 Å². The molecular formula is C13H17NO. The fourth-order valence-corrected chi connectivity index (χ4v) is 1.53. The van der Waals surface area contributed by atoms with Crippen LogP contribution in [0.2, 0.25) is 0 Å². The van der Waals surface area contributed by atoms with Gasteiger partial charge >= 0.3 is 0 Å². The zero-order valence-electron chi connectivity index (χ0n) is 9.79. The maximum atomic E-state index is 5.26. The molecule has 0 atom stereocenters. The highest BCUT2D eigenvalue weighted by Crippen LogP contribution is 2.25. The van der Waals surface area contributed by atoms with Crippen LogP contribution in [0.1, 0.15) is 32.0 Å². The molecule has 0 aliphatic heterocycles. The Balaban J connectivity index is 2.94. The van der Waals surface area contributed by atoms with E-state index >= 15 is 0 Å². The van der Waals surface area contributed by atoms with E-state index in [-0.39, 0.29) is 12.0 Å². The minimum absolute atomic E-state index is 0.113. The number of rotatable bonds is 2. The van der Waals surface area contributed by atoms with E-state index in [4.69, 9.17) is 11.2 Å². The van der Waals surface area contributed by atoms with E-state index in [1.54, 1.807) is 0 Å². The zero-order chi connectivity index (χ0) is 11.5. The first-order valence-electron chi connectivity index (χ1n) is 4.99. The lowest BCUT2D eigenvalue weighted by molar-refractivity contribution is 0.354. The Labute approximate surface area is 91.7 Å². The van der Waals surface area contributed by atoms with Gasteiger partial charge in [0.15, 0.2) is 6.61 Å². The smallest absolute Gasteiger partial charge is 0.214 e. The van der Waals surface area contributed by atoms with Gasteiger partial charge in [0.1, 0.15) is 0 Å². The summed E-state index contributed by atoms with van der Waals surface area (Å²) in [5.41, 5.74) is 2.34. The highest BCUT2D eigenvalue weighted by Gasteiger charge is 2.17. The minimum Gasteiger partial charge on any atom is -0.464 e. The molecule has 0 unspecified atom stereocenters. The van der Waals surface area contributed by atoms with E-state index in [9.17, 15) is 0 Å². The Kier molecular flexibility index (Phi) is 3.36. The van der Waals surface area contributed by atoms with Gasteiger partial charge in [-0.2, -0.15) is 0 Å². The second kappa shape index (κ2) is 4.35. The van der Waals surface area contributed by atoms with Crippen molar-refractivity contribution in [2.75, 3.05) is 6.61 Å². The van der Waals surface area contributed by atoms with Crippen molar-refractivity contribution in [3.63, 3.8) is 0 Å². The first-order chi connectivity index (χ1) is 6.95. The Morgan fingerprint density at radius 3 is 2.53 bits per heavy atom. The molecule has 0 aromatic carbocycles. The van der Waals surface area contributed by atoms with Gasteiger partial charge in [0.05, 0.1) is 0 Å². The molecule has 80 valence electrons. The SMILES string of the molecule is C#CCOc1ccc(C(C)(C)C)c(C)n1. The zero-order valence-corrected chi connectivity index (χ0v) is 9.79. The Morgan fingerprint density at radius 1 is 1.40 bits per heavy atom. The molecule has 2 heteroatoms. The molecule has 0 N–H and O–H groups in total. The minimum atomic E-state index is 0.113. The molecule has 0 bridgehead atoms. The number of hydrogen-bond donors (Lipinski definition) is 0. The second-order valence-corrected chi connectivity index (χ2v) is 4.53. The van der Waals surface area contributed by atoms with E-state index in [2.05, 4.69) is 31.7 Å². The van der Waals surface area contributed by atoms with Crippen molar-refractivity contribution in [2.45, 2.75) is 33.1 Å². The van der Waals surface area contributed by atoms with Crippen molar-refractivity contribution < 1.29 is 4.74 Å². The molecule has 0 spiro atoms. The lowest BCUT2D eigenvalue weighted by atomic mass is 9.86. The summed E-state index contributed by atoms with van der Waals surface area (Å²) in [5.74, 6) is 3.01. The number of nitrogens with zero attached hydrogens (tertiary/aromatic N) is 1. The summed E-state index contributed by atoms with van der Waals surface area (Å²) in [7, 11) is 0. The van der Waals surface area contributed by atoms with Gasteiger partial charge in [-0.25, -0.2) is 4.98 Å². The van der Waals surface area contributed by atoms with Gasteiger partial charge in [-0.1, -0.05) is 32.8 Å². The van der Waals surface area contributed by atoms with Crippen LogP contribution in [-0.4, -0.2) is 11.6 Å². The average molecular weight is 203 g/mol. The third-order valence-electron chi connectivity index (χ3n) is 2.17. The Hall–Kier alpha value is -1.49. The fraction of sp³-hybridized carbons (Fsp3) is 0.462.